The quantitative estimate of drug-likeness (QED) is 0.307. The number of imide groups is 1. The largest absolute Gasteiger partial charge is 0.356 e. The maximum atomic E-state index is 13.9. The lowest BCUT2D eigenvalue weighted by molar-refractivity contribution is -0.139. The van der Waals surface area contributed by atoms with Crippen molar-refractivity contribution in [3.8, 4) is 0 Å². The zero-order valence-electron chi connectivity index (χ0n) is 22.6. The molecule has 1 aliphatic heterocycles. The smallest absolute Gasteiger partial charge is 0.262 e. The van der Waals surface area contributed by atoms with Gasteiger partial charge in [-0.25, -0.2) is 0 Å². The third-order valence-corrected chi connectivity index (χ3v) is 9.51. The number of rotatable bonds is 10. The lowest BCUT2D eigenvalue weighted by atomic mass is 9.85. The van der Waals surface area contributed by atoms with Crippen LogP contribution in [0.15, 0.2) is 34.1 Å². The molecule has 0 bridgehead atoms. The molecule has 2 saturated carbocycles. The maximum Gasteiger partial charge on any atom is 0.262 e. The maximum absolute atomic E-state index is 13.9. The van der Waals surface area contributed by atoms with Crippen LogP contribution in [0, 0.1) is 11.8 Å². The van der Waals surface area contributed by atoms with E-state index in [1.165, 1.54) is 67.6 Å². The molecule has 2 aliphatic carbocycles. The third-order valence-electron chi connectivity index (χ3n) is 8.51. The fourth-order valence-electron chi connectivity index (χ4n) is 6.34. The van der Waals surface area contributed by atoms with Gasteiger partial charge in [-0.05, 0) is 48.1 Å². The highest BCUT2D eigenvalue weighted by atomic mass is 32.1. The first-order valence-electron chi connectivity index (χ1n) is 14.4. The number of hydrogen-bond acceptors (Lipinski definition) is 5. The van der Waals surface area contributed by atoms with E-state index in [2.05, 4.69) is 31.1 Å². The predicted molar refractivity (Wildman–Crippen MR) is 159 cm³/mol. The van der Waals surface area contributed by atoms with Gasteiger partial charge in [0.05, 0.1) is 11.1 Å². The summed E-state index contributed by atoms with van der Waals surface area (Å²) in [4.78, 5) is 42.1. The van der Waals surface area contributed by atoms with Gasteiger partial charge in [0.15, 0.2) is 0 Å². The van der Waals surface area contributed by atoms with E-state index in [0.717, 1.165) is 35.4 Å². The van der Waals surface area contributed by atoms with Gasteiger partial charge < -0.3 is 5.32 Å². The van der Waals surface area contributed by atoms with Crippen molar-refractivity contribution in [2.45, 2.75) is 89.9 Å². The number of carbonyl (C=O) groups excluding carboxylic acids is 3. The molecule has 0 atom stereocenters. The average molecular weight is 555 g/mol. The van der Waals surface area contributed by atoms with E-state index < -0.39 is 0 Å². The summed E-state index contributed by atoms with van der Waals surface area (Å²) in [6.45, 7) is 9.18. The summed E-state index contributed by atoms with van der Waals surface area (Å²) in [5.41, 5.74) is 1.39. The molecule has 1 N–H and O–H groups in total. The van der Waals surface area contributed by atoms with Gasteiger partial charge >= 0.3 is 0 Å². The third kappa shape index (κ3) is 7.09. The van der Waals surface area contributed by atoms with Crippen molar-refractivity contribution in [2.75, 3.05) is 13.1 Å². The minimum atomic E-state index is -0.344. The van der Waals surface area contributed by atoms with E-state index in [9.17, 15) is 14.4 Å². The van der Waals surface area contributed by atoms with E-state index in [1.807, 2.05) is 11.4 Å². The van der Waals surface area contributed by atoms with Crippen LogP contribution in [0.5, 0.6) is 0 Å². The molecule has 3 amide bonds. The van der Waals surface area contributed by atoms with Crippen LogP contribution in [0.3, 0.4) is 0 Å². The van der Waals surface area contributed by atoms with Crippen LogP contribution < -0.4 is 15.1 Å². The van der Waals surface area contributed by atoms with Crippen molar-refractivity contribution in [3.63, 3.8) is 0 Å². The van der Waals surface area contributed by atoms with E-state index in [-0.39, 0.29) is 30.6 Å². The fourth-order valence-corrected chi connectivity index (χ4v) is 7.24. The summed E-state index contributed by atoms with van der Waals surface area (Å²) in [6, 6.07) is 1.89. The molecule has 7 heteroatoms. The molecular weight excluding hydrogens is 512 g/mol. The van der Waals surface area contributed by atoms with Crippen molar-refractivity contribution in [1.29, 1.82) is 0 Å². The van der Waals surface area contributed by atoms with E-state index in [4.69, 9.17) is 0 Å². The number of hydrogen-bond donors (Lipinski definition) is 2. The minimum absolute atomic E-state index is 0.0587. The Balaban J connectivity index is 1.54. The summed E-state index contributed by atoms with van der Waals surface area (Å²) >= 11 is 5.95. The molecule has 2 fully saturated rings. The Labute approximate surface area is 236 Å². The summed E-state index contributed by atoms with van der Waals surface area (Å²) in [5, 5.41) is 5.70. The van der Waals surface area contributed by atoms with Crippen molar-refractivity contribution in [3.05, 3.63) is 43.8 Å². The van der Waals surface area contributed by atoms with Crippen LogP contribution in [0.25, 0.3) is 12.2 Å². The van der Waals surface area contributed by atoms with Gasteiger partial charge in [-0.3, -0.25) is 19.3 Å². The van der Waals surface area contributed by atoms with Crippen LogP contribution in [-0.4, -0.2) is 35.7 Å². The Morgan fingerprint density at radius 3 is 2.21 bits per heavy atom. The molecule has 0 unspecified atom stereocenters. The van der Waals surface area contributed by atoms with E-state index in [1.54, 1.807) is 0 Å². The highest BCUT2D eigenvalue weighted by Gasteiger charge is 2.38. The first-order chi connectivity index (χ1) is 18.4. The number of thiol groups is 1. The first kappa shape index (κ1) is 28.9. The topological polar surface area (TPSA) is 66.5 Å². The van der Waals surface area contributed by atoms with Gasteiger partial charge in [0.2, 0.25) is 5.91 Å². The number of nitrogens with one attached hydrogen (secondary N) is 1. The molecule has 5 nitrogen and oxygen atoms in total. The number of thiophene rings is 1. The Hall–Kier alpha value is -2.12. The van der Waals surface area contributed by atoms with Crippen molar-refractivity contribution in [2.24, 2.45) is 11.8 Å². The van der Waals surface area contributed by atoms with Gasteiger partial charge in [-0.15, -0.1) is 24.0 Å². The van der Waals surface area contributed by atoms with Crippen LogP contribution >= 0.6 is 24.0 Å². The number of carbonyl (C=O) groups is 3. The molecule has 1 aromatic rings. The van der Waals surface area contributed by atoms with Crippen molar-refractivity contribution < 1.29 is 14.4 Å². The van der Waals surface area contributed by atoms with Gasteiger partial charge in [0.1, 0.15) is 0 Å². The molecule has 0 spiro atoms. The Bertz CT molecular complexity index is 1190. The molecule has 38 heavy (non-hydrogen) atoms. The minimum Gasteiger partial charge on any atom is -0.356 e. The van der Waals surface area contributed by atoms with Crippen molar-refractivity contribution >= 4 is 53.8 Å². The molecule has 2 heterocycles. The standard InChI is InChI=1S/C31H42N2O3S2/c1-21(37)28-26(13-14-27(34)32-18-15-23-9-5-3-6-10-23)29(25-17-20-38-22(25)2)31(36)33(30(28)35)19-16-24-11-7-4-8-12-24/h17,20,23-24,37H,1-16,18-19H2,(H,32,34)/b29-25+. The average Bonchev–Trinajstić information content (AvgIpc) is 3.33. The molecule has 0 radical (unpaired) electrons. The van der Waals surface area contributed by atoms with Gasteiger partial charge in [0.25, 0.3) is 11.8 Å². The molecule has 0 saturated heterocycles. The highest BCUT2D eigenvalue weighted by molar-refractivity contribution is 7.84. The summed E-state index contributed by atoms with van der Waals surface area (Å²) in [7, 11) is 0. The second-order valence-electron chi connectivity index (χ2n) is 11.1. The monoisotopic (exact) mass is 554 g/mol. The second kappa shape index (κ2) is 13.8. The summed E-state index contributed by atoms with van der Waals surface area (Å²) in [6.07, 6.45) is 14.7. The lowest BCUT2D eigenvalue weighted by Crippen LogP contribution is -2.46. The van der Waals surface area contributed by atoms with Crippen LogP contribution in [-0.2, 0) is 14.4 Å². The van der Waals surface area contributed by atoms with Gasteiger partial charge in [0, 0.05) is 34.2 Å². The molecule has 1 aromatic heterocycles. The Morgan fingerprint density at radius 2 is 1.63 bits per heavy atom. The van der Waals surface area contributed by atoms with Gasteiger partial charge in [-0.2, -0.15) is 0 Å². The van der Waals surface area contributed by atoms with Crippen LogP contribution in [0.1, 0.15) is 89.9 Å². The van der Waals surface area contributed by atoms with Crippen LogP contribution in [0.4, 0.5) is 0 Å². The Morgan fingerprint density at radius 1 is 1.00 bits per heavy atom. The lowest BCUT2D eigenvalue weighted by Gasteiger charge is -2.32. The van der Waals surface area contributed by atoms with Crippen LogP contribution in [0.2, 0.25) is 0 Å². The zero-order chi connectivity index (χ0) is 27.1. The highest BCUT2D eigenvalue weighted by Crippen LogP contribution is 2.35. The van der Waals surface area contributed by atoms with E-state index in [0.29, 0.717) is 46.5 Å². The Kier molecular flexibility index (Phi) is 10.5. The SMILES string of the molecule is C=C(S)C1=C(CCC(=O)NCCC2CCCCC2)/C(=c2/ccsc2=C)C(=O)N(CCC2CCCCC2)C1=O. The molecular formula is C31H42N2O3S2. The molecule has 206 valence electrons. The number of nitrogens with zero attached hydrogens (tertiary/aromatic N) is 1. The molecule has 0 aromatic carbocycles. The fraction of sp³-hybridized carbons (Fsp3) is 0.581. The summed E-state index contributed by atoms with van der Waals surface area (Å²) in [5.74, 6) is 0.551. The normalized spacial score (nSPS) is 21.2. The van der Waals surface area contributed by atoms with E-state index >= 15 is 0 Å². The first-order valence-corrected chi connectivity index (χ1v) is 15.7. The van der Waals surface area contributed by atoms with Crippen molar-refractivity contribution in [1.82, 2.24) is 10.2 Å². The molecule has 3 aliphatic rings. The zero-order valence-corrected chi connectivity index (χ0v) is 24.3. The predicted octanol–water partition coefficient (Wildman–Crippen LogP) is 5.26. The van der Waals surface area contributed by atoms with Gasteiger partial charge in [-0.1, -0.05) is 77.4 Å². The molecule has 4 rings (SSSR count). The second-order valence-corrected chi connectivity index (χ2v) is 12.7. The number of amides is 3. The summed E-state index contributed by atoms with van der Waals surface area (Å²) < 4.78 is 0.772.